The van der Waals surface area contributed by atoms with E-state index in [4.69, 9.17) is 4.74 Å². The highest BCUT2D eigenvalue weighted by atomic mass is 16.5. The molecule has 0 aliphatic carbocycles. The van der Waals surface area contributed by atoms with Gasteiger partial charge in [0.2, 0.25) is 0 Å². The predicted molar refractivity (Wildman–Crippen MR) is 81.8 cm³/mol. The minimum Gasteiger partial charge on any atom is -0.486 e. The first kappa shape index (κ1) is 14.1. The molecule has 0 unspecified atom stereocenters. The maximum Gasteiger partial charge on any atom is 0.257 e. The van der Waals surface area contributed by atoms with E-state index in [1.54, 1.807) is 30.7 Å². The molecule has 0 N–H and O–H groups in total. The lowest BCUT2D eigenvalue weighted by Crippen LogP contribution is -2.22. The molecule has 1 aromatic carbocycles. The Balaban J connectivity index is 1.85. The summed E-state index contributed by atoms with van der Waals surface area (Å²) in [5, 5.41) is 4.17. The van der Waals surface area contributed by atoms with Gasteiger partial charge in [0.15, 0.2) is 5.65 Å². The Hall–Kier alpha value is -2.89. The van der Waals surface area contributed by atoms with Crippen LogP contribution in [0.2, 0.25) is 0 Å². The second-order valence-corrected chi connectivity index (χ2v) is 5.03. The Labute approximate surface area is 128 Å². The zero-order valence-corrected chi connectivity index (χ0v) is 12.4. The number of ether oxygens (including phenoxy) is 1. The minimum atomic E-state index is -0.0884. The van der Waals surface area contributed by atoms with Crippen molar-refractivity contribution in [2.24, 2.45) is 0 Å². The normalized spacial score (nSPS) is 10.6. The van der Waals surface area contributed by atoms with E-state index in [2.05, 4.69) is 10.1 Å². The van der Waals surface area contributed by atoms with Crippen LogP contribution in [0, 0.1) is 0 Å². The minimum absolute atomic E-state index is 0.0884. The number of fused-ring (bicyclic) bond motifs is 1. The van der Waals surface area contributed by atoms with Gasteiger partial charge < -0.3 is 9.64 Å². The number of nitrogens with zero attached hydrogens (tertiary/aromatic N) is 4. The molecular weight excluding hydrogens is 280 g/mol. The molecule has 3 rings (SSSR count). The summed E-state index contributed by atoms with van der Waals surface area (Å²) in [6.45, 7) is 0.304. The van der Waals surface area contributed by atoms with Crippen LogP contribution < -0.4 is 4.74 Å². The summed E-state index contributed by atoms with van der Waals surface area (Å²) in [6.07, 6.45) is 1.50. The molecule has 0 radical (unpaired) electrons. The van der Waals surface area contributed by atoms with Gasteiger partial charge in [-0.1, -0.05) is 18.2 Å². The first-order chi connectivity index (χ1) is 10.7. The largest absolute Gasteiger partial charge is 0.486 e. The van der Waals surface area contributed by atoms with Crippen LogP contribution in [-0.2, 0) is 6.61 Å². The molecule has 1 amide bonds. The first-order valence-corrected chi connectivity index (χ1v) is 6.88. The lowest BCUT2D eigenvalue weighted by molar-refractivity contribution is 0.0822. The number of hydrogen-bond acceptors (Lipinski definition) is 4. The Kier molecular flexibility index (Phi) is 3.74. The van der Waals surface area contributed by atoms with Gasteiger partial charge in [-0.2, -0.15) is 5.10 Å². The molecule has 2 heterocycles. The summed E-state index contributed by atoms with van der Waals surface area (Å²) in [6, 6.07) is 12.9. The summed E-state index contributed by atoms with van der Waals surface area (Å²) in [5.41, 5.74) is 2.17. The number of carbonyl (C=O) groups is 1. The monoisotopic (exact) mass is 296 g/mol. The number of pyridine rings is 1. The molecular formula is C16H16N4O2. The van der Waals surface area contributed by atoms with Gasteiger partial charge in [-0.15, -0.1) is 0 Å². The maximum atomic E-state index is 12.2. The van der Waals surface area contributed by atoms with Crippen molar-refractivity contribution in [2.75, 3.05) is 14.1 Å². The third kappa shape index (κ3) is 2.63. The summed E-state index contributed by atoms with van der Waals surface area (Å²) >= 11 is 0. The molecule has 0 saturated heterocycles. The van der Waals surface area contributed by atoms with Gasteiger partial charge in [0.25, 0.3) is 5.91 Å². The number of aromatic nitrogens is 3. The number of carbonyl (C=O) groups excluding carboxylic acids is 1. The van der Waals surface area contributed by atoms with Crippen LogP contribution in [0.1, 0.15) is 16.1 Å². The number of hydrogen-bond donors (Lipinski definition) is 0. The molecule has 0 aliphatic heterocycles. The molecule has 0 atom stereocenters. The van der Waals surface area contributed by atoms with Crippen molar-refractivity contribution < 1.29 is 9.53 Å². The maximum absolute atomic E-state index is 12.2. The Bertz CT molecular complexity index is 811. The molecule has 0 fully saturated rings. The summed E-state index contributed by atoms with van der Waals surface area (Å²) in [7, 11) is 3.44. The zero-order chi connectivity index (χ0) is 15.5. The molecule has 0 bridgehead atoms. The van der Waals surface area contributed by atoms with Crippen molar-refractivity contribution in [2.45, 2.75) is 6.61 Å². The Morgan fingerprint density at radius 1 is 1.18 bits per heavy atom. The molecule has 0 aliphatic rings. The van der Waals surface area contributed by atoms with Crippen LogP contribution in [0.15, 0.2) is 48.8 Å². The van der Waals surface area contributed by atoms with E-state index in [-0.39, 0.29) is 5.91 Å². The van der Waals surface area contributed by atoms with Gasteiger partial charge in [-0.05, 0) is 24.3 Å². The van der Waals surface area contributed by atoms with E-state index in [1.807, 2.05) is 30.3 Å². The fourth-order valence-electron chi connectivity index (χ4n) is 2.17. The molecule has 2 aromatic heterocycles. The van der Waals surface area contributed by atoms with Crippen molar-refractivity contribution >= 4 is 11.6 Å². The van der Waals surface area contributed by atoms with Crippen LogP contribution in [0.3, 0.4) is 0 Å². The fourth-order valence-corrected chi connectivity index (χ4v) is 2.17. The predicted octanol–water partition coefficient (Wildman–Crippen LogP) is 2.01. The van der Waals surface area contributed by atoms with Crippen LogP contribution in [0.4, 0.5) is 0 Å². The first-order valence-electron chi connectivity index (χ1n) is 6.88. The van der Waals surface area contributed by atoms with Crippen LogP contribution in [0.5, 0.6) is 5.75 Å². The van der Waals surface area contributed by atoms with E-state index in [0.717, 1.165) is 11.3 Å². The number of benzene rings is 1. The quantitative estimate of drug-likeness (QED) is 0.739. The van der Waals surface area contributed by atoms with Gasteiger partial charge >= 0.3 is 0 Å². The van der Waals surface area contributed by atoms with Crippen molar-refractivity contribution in [3.05, 3.63) is 60.0 Å². The van der Waals surface area contributed by atoms with Crippen molar-refractivity contribution in [1.82, 2.24) is 19.5 Å². The third-order valence-corrected chi connectivity index (χ3v) is 3.28. The molecule has 6 nitrogen and oxygen atoms in total. The van der Waals surface area contributed by atoms with Crippen LogP contribution in [-0.4, -0.2) is 39.5 Å². The van der Waals surface area contributed by atoms with Gasteiger partial charge in [-0.3, -0.25) is 4.79 Å². The van der Waals surface area contributed by atoms with Crippen molar-refractivity contribution in [1.29, 1.82) is 0 Å². The number of para-hydroxylation sites is 1. The Morgan fingerprint density at radius 3 is 2.82 bits per heavy atom. The highest BCUT2D eigenvalue weighted by Gasteiger charge is 2.14. The Morgan fingerprint density at radius 2 is 2.00 bits per heavy atom. The topological polar surface area (TPSA) is 59.7 Å². The lowest BCUT2D eigenvalue weighted by Gasteiger charge is -2.15. The average molecular weight is 296 g/mol. The van der Waals surface area contributed by atoms with Gasteiger partial charge in [0, 0.05) is 14.1 Å². The number of rotatable bonds is 4. The third-order valence-electron chi connectivity index (χ3n) is 3.28. The highest BCUT2D eigenvalue weighted by Crippen LogP contribution is 2.20. The second kappa shape index (κ2) is 5.85. The summed E-state index contributed by atoms with van der Waals surface area (Å²) < 4.78 is 7.55. The molecule has 3 aromatic rings. The van der Waals surface area contributed by atoms with E-state index < -0.39 is 0 Å². The molecule has 0 spiro atoms. The lowest BCUT2D eigenvalue weighted by atomic mass is 10.2. The number of amides is 1. The second-order valence-electron chi connectivity index (χ2n) is 5.03. The van der Waals surface area contributed by atoms with Gasteiger partial charge in [0.05, 0.1) is 11.3 Å². The molecule has 0 saturated carbocycles. The average Bonchev–Trinajstić information content (AvgIpc) is 3.01. The van der Waals surface area contributed by atoms with E-state index in [0.29, 0.717) is 17.9 Å². The molecule has 112 valence electrons. The van der Waals surface area contributed by atoms with Crippen LogP contribution >= 0.6 is 0 Å². The van der Waals surface area contributed by atoms with Gasteiger partial charge in [-0.25, -0.2) is 9.50 Å². The fraction of sp³-hybridized carbons (Fsp3) is 0.188. The summed E-state index contributed by atoms with van der Waals surface area (Å²) in [5.74, 6) is 0.466. The van der Waals surface area contributed by atoms with Gasteiger partial charge in [0.1, 0.15) is 18.7 Å². The van der Waals surface area contributed by atoms with E-state index in [9.17, 15) is 4.79 Å². The summed E-state index contributed by atoms with van der Waals surface area (Å²) in [4.78, 5) is 17.8. The van der Waals surface area contributed by atoms with E-state index >= 15 is 0 Å². The van der Waals surface area contributed by atoms with E-state index in [1.165, 1.54) is 11.2 Å². The zero-order valence-electron chi connectivity index (χ0n) is 12.4. The van der Waals surface area contributed by atoms with Crippen LogP contribution in [0.25, 0.3) is 5.65 Å². The standard InChI is InChI=1S/C16H16N4O2/c1-19(2)16(21)13-7-3-4-8-14(13)22-10-12-6-5-9-15-17-11-18-20(12)15/h3-9,11H,10H2,1-2H3. The highest BCUT2D eigenvalue weighted by molar-refractivity contribution is 5.96. The van der Waals surface area contributed by atoms with Crippen molar-refractivity contribution in [3.8, 4) is 5.75 Å². The van der Waals surface area contributed by atoms with Crippen molar-refractivity contribution in [3.63, 3.8) is 0 Å². The molecule has 22 heavy (non-hydrogen) atoms. The molecule has 6 heteroatoms. The SMILES string of the molecule is CN(C)C(=O)c1ccccc1OCc1cccc2ncnn12. The smallest absolute Gasteiger partial charge is 0.257 e.